The van der Waals surface area contributed by atoms with Gasteiger partial charge in [-0.2, -0.15) is 0 Å². The summed E-state index contributed by atoms with van der Waals surface area (Å²) in [7, 11) is 1.98. The van der Waals surface area contributed by atoms with E-state index in [4.69, 9.17) is 0 Å². The molecular formula is C16H32N2O2. The van der Waals surface area contributed by atoms with Gasteiger partial charge >= 0.3 is 0 Å². The lowest BCUT2D eigenvalue weighted by Crippen LogP contribution is -2.59. The van der Waals surface area contributed by atoms with Crippen molar-refractivity contribution < 1.29 is 9.90 Å². The number of rotatable bonds is 5. The largest absolute Gasteiger partial charge is 0.379 e. The molecule has 1 saturated heterocycles. The molecule has 1 amide bonds. The number of likely N-dealkylation sites (N-methyl/N-ethyl adjacent to an activating group) is 1. The zero-order valence-corrected chi connectivity index (χ0v) is 14.1. The lowest BCUT2D eigenvalue weighted by molar-refractivity contribution is -0.160. The van der Waals surface area contributed by atoms with Crippen molar-refractivity contribution in [2.45, 2.75) is 53.1 Å². The van der Waals surface area contributed by atoms with Crippen LogP contribution in [0.4, 0.5) is 0 Å². The molecule has 0 saturated carbocycles. The summed E-state index contributed by atoms with van der Waals surface area (Å²) in [6.45, 7) is 13.5. The van der Waals surface area contributed by atoms with Gasteiger partial charge in [-0.15, -0.1) is 0 Å². The van der Waals surface area contributed by atoms with E-state index in [9.17, 15) is 9.90 Å². The van der Waals surface area contributed by atoms with Crippen molar-refractivity contribution in [2.24, 2.45) is 11.3 Å². The second kappa shape index (κ2) is 6.44. The van der Waals surface area contributed by atoms with Crippen LogP contribution in [0.15, 0.2) is 0 Å². The predicted molar refractivity (Wildman–Crippen MR) is 82.6 cm³/mol. The molecule has 4 heteroatoms. The molecule has 4 nitrogen and oxygen atoms in total. The lowest BCUT2D eigenvalue weighted by atomic mass is 9.88. The van der Waals surface area contributed by atoms with E-state index in [1.807, 2.05) is 11.9 Å². The Morgan fingerprint density at radius 2 is 2.00 bits per heavy atom. The third kappa shape index (κ3) is 5.06. The van der Waals surface area contributed by atoms with Gasteiger partial charge in [-0.25, -0.2) is 0 Å². The first-order valence-electron chi connectivity index (χ1n) is 7.74. The van der Waals surface area contributed by atoms with E-state index in [0.29, 0.717) is 25.4 Å². The maximum absolute atomic E-state index is 12.6. The number of piperidine rings is 1. The van der Waals surface area contributed by atoms with Crippen LogP contribution < -0.4 is 0 Å². The third-order valence-corrected chi connectivity index (χ3v) is 3.58. The van der Waals surface area contributed by atoms with Crippen molar-refractivity contribution in [2.75, 3.05) is 33.2 Å². The van der Waals surface area contributed by atoms with Crippen molar-refractivity contribution in [3.8, 4) is 0 Å². The molecule has 0 unspecified atom stereocenters. The zero-order valence-electron chi connectivity index (χ0n) is 14.1. The Balaban J connectivity index is 2.70. The molecule has 0 radical (unpaired) electrons. The first-order valence-corrected chi connectivity index (χ1v) is 7.74. The highest BCUT2D eigenvalue weighted by Crippen LogP contribution is 2.27. The quantitative estimate of drug-likeness (QED) is 0.839. The summed E-state index contributed by atoms with van der Waals surface area (Å²) < 4.78 is 0. The SMILES string of the molecule is CC(C)CN(C)C[C@@]1(O)CCCN(CC(C)(C)C)C1=O. The third-order valence-electron chi connectivity index (χ3n) is 3.58. The molecule has 0 bridgehead atoms. The molecule has 1 aliphatic rings. The van der Waals surface area contributed by atoms with Gasteiger partial charge in [0.1, 0.15) is 0 Å². The standard InChI is InChI=1S/C16H32N2O2/c1-13(2)10-17(6)12-16(20)8-7-9-18(14(16)19)11-15(3,4)5/h13,20H,7-12H2,1-6H3/t16-/m0/s1. The van der Waals surface area contributed by atoms with Crippen molar-refractivity contribution in [3.63, 3.8) is 0 Å². The Bertz CT molecular complexity index is 336. The van der Waals surface area contributed by atoms with Crippen LogP contribution in [0.2, 0.25) is 0 Å². The van der Waals surface area contributed by atoms with Crippen LogP contribution in [0.3, 0.4) is 0 Å². The second-order valence-electron chi connectivity index (χ2n) is 8.01. The van der Waals surface area contributed by atoms with Gasteiger partial charge in [-0.05, 0) is 31.2 Å². The van der Waals surface area contributed by atoms with Crippen LogP contribution in [-0.2, 0) is 4.79 Å². The van der Waals surface area contributed by atoms with E-state index >= 15 is 0 Å². The van der Waals surface area contributed by atoms with Crippen molar-refractivity contribution >= 4 is 5.91 Å². The van der Waals surface area contributed by atoms with E-state index in [-0.39, 0.29) is 11.3 Å². The Morgan fingerprint density at radius 3 is 2.50 bits per heavy atom. The normalized spacial score (nSPS) is 24.9. The van der Waals surface area contributed by atoms with Gasteiger partial charge in [0.15, 0.2) is 5.60 Å². The molecule has 0 spiro atoms. The minimum atomic E-state index is -1.20. The molecule has 0 aromatic heterocycles. The van der Waals surface area contributed by atoms with Gasteiger partial charge < -0.3 is 14.9 Å². The van der Waals surface area contributed by atoms with E-state index in [2.05, 4.69) is 39.5 Å². The summed E-state index contributed by atoms with van der Waals surface area (Å²) >= 11 is 0. The van der Waals surface area contributed by atoms with Gasteiger partial charge in [0.25, 0.3) is 5.91 Å². The highest BCUT2D eigenvalue weighted by Gasteiger charge is 2.43. The van der Waals surface area contributed by atoms with Gasteiger partial charge in [-0.1, -0.05) is 34.6 Å². The summed E-state index contributed by atoms with van der Waals surface area (Å²) in [5.74, 6) is 0.447. The number of hydrogen-bond acceptors (Lipinski definition) is 3. The first-order chi connectivity index (χ1) is 9.03. The molecule has 0 aliphatic carbocycles. The fourth-order valence-corrected chi connectivity index (χ4v) is 3.07. The monoisotopic (exact) mass is 284 g/mol. The lowest BCUT2D eigenvalue weighted by Gasteiger charge is -2.42. The average molecular weight is 284 g/mol. The topological polar surface area (TPSA) is 43.8 Å². The Kier molecular flexibility index (Phi) is 5.61. The number of hydrogen-bond donors (Lipinski definition) is 1. The van der Waals surface area contributed by atoms with Crippen molar-refractivity contribution in [1.82, 2.24) is 9.80 Å². The molecule has 0 aromatic carbocycles. The maximum atomic E-state index is 12.6. The van der Waals surface area contributed by atoms with Crippen LogP contribution in [0, 0.1) is 11.3 Å². The fourth-order valence-electron chi connectivity index (χ4n) is 3.07. The number of carbonyl (C=O) groups excluding carboxylic acids is 1. The molecule has 0 aromatic rings. The fraction of sp³-hybridized carbons (Fsp3) is 0.938. The molecule has 1 fully saturated rings. The first kappa shape index (κ1) is 17.4. The van der Waals surface area contributed by atoms with Crippen LogP contribution in [0.25, 0.3) is 0 Å². The van der Waals surface area contributed by atoms with E-state index in [1.54, 1.807) is 0 Å². The van der Waals surface area contributed by atoms with Gasteiger partial charge in [0.05, 0.1) is 0 Å². The average Bonchev–Trinajstić information content (AvgIpc) is 2.21. The minimum absolute atomic E-state index is 0.0672. The van der Waals surface area contributed by atoms with Crippen LogP contribution in [-0.4, -0.2) is 59.6 Å². The van der Waals surface area contributed by atoms with Gasteiger partial charge in [-0.3, -0.25) is 4.79 Å². The second-order valence-corrected chi connectivity index (χ2v) is 8.01. The number of carbonyl (C=O) groups is 1. The summed E-state index contributed by atoms with van der Waals surface area (Å²) in [5.41, 5.74) is -1.13. The molecule has 1 heterocycles. The van der Waals surface area contributed by atoms with Crippen LogP contribution in [0.5, 0.6) is 0 Å². The number of amides is 1. The van der Waals surface area contributed by atoms with Gasteiger partial charge in [0, 0.05) is 26.2 Å². The Labute approximate surface area is 124 Å². The predicted octanol–water partition coefficient (Wildman–Crippen LogP) is 1.97. The van der Waals surface area contributed by atoms with E-state index in [1.165, 1.54) is 0 Å². The summed E-state index contributed by atoms with van der Waals surface area (Å²) in [6, 6.07) is 0. The summed E-state index contributed by atoms with van der Waals surface area (Å²) in [6.07, 6.45) is 1.46. The molecule has 1 atom stereocenters. The maximum Gasteiger partial charge on any atom is 0.255 e. The highest BCUT2D eigenvalue weighted by molar-refractivity contribution is 5.86. The molecule has 1 N–H and O–H groups in total. The molecular weight excluding hydrogens is 252 g/mol. The Morgan fingerprint density at radius 1 is 1.40 bits per heavy atom. The smallest absolute Gasteiger partial charge is 0.255 e. The Hall–Kier alpha value is -0.610. The summed E-state index contributed by atoms with van der Waals surface area (Å²) in [5, 5.41) is 10.8. The molecule has 1 rings (SSSR count). The highest BCUT2D eigenvalue weighted by atomic mass is 16.3. The van der Waals surface area contributed by atoms with Crippen LogP contribution >= 0.6 is 0 Å². The minimum Gasteiger partial charge on any atom is -0.379 e. The van der Waals surface area contributed by atoms with Gasteiger partial charge in [0.2, 0.25) is 0 Å². The van der Waals surface area contributed by atoms with Crippen molar-refractivity contribution in [3.05, 3.63) is 0 Å². The summed E-state index contributed by atoms with van der Waals surface area (Å²) in [4.78, 5) is 16.5. The number of aliphatic hydroxyl groups is 1. The zero-order chi connectivity index (χ0) is 15.6. The van der Waals surface area contributed by atoms with Crippen LogP contribution in [0.1, 0.15) is 47.5 Å². The molecule has 1 aliphatic heterocycles. The number of likely N-dealkylation sites (tertiary alicyclic amines) is 1. The molecule has 118 valence electrons. The number of nitrogens with zero attached hydrogens (tertiary/aromatic N) is 2. The van der Waals surface area contributed by atoms with E-state index in [0.717, 1.165) is 19.5 Å². The van der Waals surface area contributed by atoms with E-state index < -0.39 is 5.60 Å². The van der Waals surface area contributed by atoms with Crippen molar-refractivity contribution in [1.29, 1.82) is 0 Å². The molecule has 20 heavy (non-hydrogen) atoms.